The number of unbranched alkanes of at least 4 members (excludes halogenated alkanes) is 1. The van der Waals surface area contributed by atoms with Crippen LogP contribution in [-0.4, -0.2) is 0 Å². The molecule has 0 aliphatic carbocycles. The monoisotopic (exact) mass is 188 g/mol. The van der Waals surface area contributed by atoms with Gasteiger partial charge in [-0.3, -0.25) is 0 Å². The third-order valence-corrected chi connectivity index (χ3v) is 2.35. The van der Waals surface area contributed by atoms with E-state index in [0.717, 1.165) is 24.8 Å². The Morgan fingerprint density at radius 1 is 1.43 bits per heavy atom. The molecule has 0 bridgehead atoms. The molecule has 1 aromatic rings. The second-order valence-corrected chi connectivity index (χ2v) is 3.45. The van der Waals surface area contributed by atoms with E-state index in [1.54, 1.807) is 0 Å². The van der Waals surface area contributed by atoms with Crippen molar-refractivity contribution in [2.24, 2.45) is 5.73 Å². The molecule has 0 heterocycles. The van der Waals surface area contributed by atoms with Crippen LogP contribution in [0.15, 0.2) is 24.3 Å². The SMILES string of the molecule is CCCCC(N)c1ccccc1C#N. The Balaban J connectivity index is 2.79. The first-order valence-electron chi connectivity index (χ1n) is 5.04. The molecule has 0 aliphatic heterocycles. The predicted molar refractivity (Wildman–Crippen MR) is 57.6 cm³/mol. The molecule has 0 spiro atoms. The zero-order valence-electron chi connectivity index (χ0n) is 8.53. The lowest BCUT2D eigenvalue weighted by Gasteiger charge is -2.12. The highest BCUT2D eigenvalue weighted by atomic mass is 14.6. The Bertz CT molecular complexity index is 325. The van der Waals surface area contributed by atoms with Crippen LogP contribution in [0.5, 0.6) is 0 Å². The fourth-order valence-electron chi connectivity index (χ4n) is 1.50. The molecule has 1 unspecified atom stereocenters. The second-order valence-electron chi connectivity index (χ2n) is 3.45. The zero-order valence-corrected chi connectivity index (χ0v) is 8.53. The van der Waals surface area contributed by atoms with Crippen LogP contribution in [0, 0.1) is 11.3 Å². The van der Waals surface area contributed by atoms with Gasteiger partial charge in [0.25, 0.3) is 0 Å². The molecule has 14 heavy (non-hydrogen) atoms. The molecule has 2 heteroatoms. The molecule has 0 radical (unpaired) electrons. The molecule has 0 saturated heterocycles. The van der Waals surface area contributed by atoms with Crippen molar-refractivity contribution in [3.8, 4) is 6.07 Å². The van der Waals surface area contributed by atoms with Crippen molar-refractivity contribution in [2.75, 3.05) is 0 Å². The molecule has 2 N–H and O–H groups in total. The second kappa shape index (κ2) is 5.41. The van der Waals surface area contributed by atoms with Gasteiger partial charge in [-0.05, 0) is 18.1 Å². The first kappa shape index (κ1) is 10.7. The van der Waals surface area contributed by atoms with Gasteiger partial charge in [-0.25, -0.2) is 0 Å². The summed E-state index contributed by atoms with van der Waals surface area (Å²) in [5.41, 5.74) is 7.69. The average molecular weight is 188 g/mol. The average Bonchev–Trinajstić information content (AvgIpc) is 2.25. The summed E-state index contributed by atoms with van der Waals surface area (Å²) in [7, 11) is 0. The first-order valence-corrected chi connectivity index (χ1v) is 5.04. The molecule has 0 amide bonds. The van der Waals surface area contributed by atoms with Gasteiger partial charge in [0.2, 0.25) is 0 Å². The topological polar surface area (TPSA) is 49.8 Å². The smallest absolute Gasteiger partial charge is 0.0995 e. The van der Waals surface area contributed by atoms with Crippen LogP contribution in [0.1, 0.15) is 43.4 Å². The van der Waals surface area contributed by atoms with Crippen LogP contribution >= 0.6 is 0 Å². The molecular weight excluding hydrogens is 172 g/mol. The van der Waals surface area contributed by atoms with Crippen LogP contribution in [0.25, 0.3) is 0 Å². The fourth-order valence-corrected chi connectivity index (χ4v) is 1.50. The summed E-state index contributed by atoms with van der Waals surface area (Å²) in [6, 6.07) is 9.74. The molecule has 1 aromatic carbocycles. The minimum atomic E-state index is 0.00537. The van der Waals surface area contributed by atoms with Crippen molar-refractivity contribution in [2.45, 2.75) is 32.2 Å². The lowest BCUT2D eigenvalue weighted by molar-refractivity contribution is 0.602. The van der Waals surface area contributed by atoms with Crippen LogP contribution in [-0.2, 0) is 0 Å². The highest BCUT2D eigenvalue weighted by Gasteiger charge is 2.09. The van der Waals surface area contributed by atoms with Crippen molar-refractivity contribution >= 4 is 0 Å². The van der Waals surface area contributed by atoms with E-state index in [2.05, 4.69) is 13.0 Å². The molecule has 74 valence electrons. The van der Waals surface area contributed by atoms with Gasteiger partial charge in [0.05, 0.1) is 11.6 Å². The van der Waals surface area contributed by atoms with E-state index in [9.17, 15) is 0 Å². The Morgan fingerprint density at radius 2 is 2.14 bits per heavy atom. The third kappa shape index (κ3) is 2.58. The summed E-state index contributed by atoms with van der Waals surface area (Å²) >= 11 is 0. The number of rotatable bonds is 4. The van der Waals surface area contributed by atoms with Crippen molar-refractivity contribution in [3.63, 3.8) is 0 Å². The van der Waals surface area contributed by atoms with E-state index in [-0.39, 0.29) is 6.04 Å². The highest BCUT2D eigenvalue weighted by Crippen LogP contribution is 2.19. The Labute approximate surface area is 85.4 Å². The van der Waals surface area contributed by atoms with Crippen molar-refractivity contribution in [3.05, 3.63) is 35.4 Å². The minimum Gasteiger partial charge on any atom is -0.324 e. The summed E-state index contributed by atoms with van der Waals surface area (Å²) in [4.78, 5) is 0. The van der Waals surface area contributed by atoms with Crippen molar-refractivity contribution in [1.82, 2.24) is 0 Å². The van der Waals surface area contributed by atoms with Crippen LogP contribution in [0.2, 0.25) is 0 Å². The van der Waals surface area contributed by atoms with Gasteiger partial charge in [0, 0.05) is 6.04 Å². The van der Waals surface area contributed by atoms with Gasteiger partial charge >= 0.3 is 0 Å². The van der Waals surface area contributed by atoms with E-state index in [1.807, 2.05) is 24.3 Å². The number of nitrogens with zero attached hydrogens (tertiary/aromatic N) is 1. The Morgan fingerprint density at radius 3 is 2.79 bits per heavy atom. The first-order chi connectivity index (χ1) is 6.79. The van der Waals surface area contributed by atoms with Crippen molar-refractivity contribution < 1.29 is 0 Å². The van der Waals surface area contributed by atoms with E-state index in [4.69, 9.17) is 11.0 Å². The maximum Gasteiger partial charge on any atom is 0.0995 e. The summed E-state index contributed by atoms with van der Waals surface area (Å²) < 4.78 is 0. The molecule has 2 nitrogen and oxygen atoms in total. The van der Waals surface area contributed by atoms with Crippen LogP contribution < -0.4 is 5.73 Å². The number of nitriles is 1. The highest BCUT2D eigenvalue weighted by molar-refractivity contribution is 5.39. The molecule has 0 fully saturated rings. The van der Waals surface area contributed by atoms with Crippen molar-refractivity contribution in [1.29, 1.82) is 5.26 Å². The van der Waals surface area contributed by atoms with Gasteiger partial charge in [0.1, 0.15) is 0 Å². The zero-order chi connectivity index (χ0) is 10.4. The lowest BCUT2D eigenvalue weighted by atomic mass is 9.98. The number of hydrogen-bond acceptors (Lipinski definition) is 2. The predicted octanol–water partition coefficient (Wildman–Crippen LogP) is 2.75. The fraction of sp³-hybridized carbons (Fsp3) is 0.417. The summed E-state index contributed by atoms with van der Waals surface area (Å²) in [6.07, 6.45) is 3.21. The number of nitrogens with two attached hydrogens (primary N) is 1. The number of benzene rings is 1. The minimum absolute atomic E-state index is 0.00537. The maximum absolute atomic E-state index is 8.89. The standard InChI is InChI=1S/C12H16N2/c1-2-3-8-12(14)11-7-5-4-6-10(11)9-13/h4-7,12H,2-3,8,14H2,1H3. The van der Waals surface area contributed by atoms with E-state index < -0.39 is 0 Å². The largest absolute Gasteiger partial charge is 0.324 e. The van der Waals surface area contributed by atoms with E-state index in [0.29, 0.717) is 5.56 Å². The van der Waals surface area contributed by atoms with Crippen LogP contribution in [0.3, 0.4) is 0 Å². The van der Waals surface area contributed by atoms with Gasteiger partial charge in [0.15, 0.2) is 0 Å². The quantitative estimate of drug-likeness (QED) is 0.789. The number of hydrogen-bond donors (Lipinski definition) is 1. The molecule has 0 saturated carbocycles. The molecule has 1 rings (SSSR count). The molecule has 1 atom stereocenters. The van der Waals surface area contributed by atoms with Gasteiger partial charge in [-0.1, -0.05) is 38.0 Å². The van der Waals surface area contributed by atoms with Crippen LogP contribution in [0.4, 0.5) is 0 Å². The molecule has 0 aliphatic rings. The summed E-state index contributed by atoms with van der Waals surface area (Å²) in [5.74, 6) is 0. The lowest BCUT2D eigenvalue weighted by Crippen LogP contribution is -2.11. The third-order valence-electron chi connectivity index (χ3n) is 2.35. The van der Waals surface area contributed by atoms with Gasteiger partial charge in [-0.15, -0.1) is 0 Å². The molecule has 0 aromatic heterocycles. The molecular formula is C12H16N2. The summed E-state index contributed by atoms with van der Waals surface area (Å²) in [5, 5.41) is 8.89. The van der Waals surface area contributed by atoms with Gasteiger partial charge < -0.3 is 5.73 Å². The van der Waals surface area contributed by atoms with E-state index in [1.165, 1.54) is 0 Å². The Hall–Kier alpha value is -1.33. The van der Waals surface area contributed by atoms with E-state index >= 15 is 0 Å². The maximum atomic E-state index is 8.89. The normalized spacial score (nSPS) is 12.1. The summed E-state index contributed by atoms with van der Waals surface area (Å²) in [6.45, 7) is 2.14. The van der Waals surface area contributed by atoms with Gasteiger partial charge in [-0.2, -0.15) is 5.26 Å². The Kier molecular flexibility index (Phi) is 4.15.